The Morgan fingerprint density at radius 1 is 1.26 bits per heavy atom. The van der Waals surface area contributed by atoms with Crippen LogP contribution in [0.1, 0.15) is 28.3 Å². The molecule has 0 saturated carbocycles. The number of carbonyl (C=O) groups is 1. The first-order valence-corrected chi connectivity index (χ1v) is 9.40. The number of likely N-dealkylation sites (tertiary alicyclic amines) is 1. The molecule has 1 amide bonds. The molecule has 0 radical (unpaired) electrons. The number of aryl methyl sites for hydroxylation is 2. The molecular formula is C20H25N5O2. The van der Waals surface area contributed by atoms with Crippen molar-refractivity contribution in [3.8, 4) is 5.75 Å². The van der Waals surface area contributed by atoms with Crippen LogP contribution >= 0.6 is 0 Å². The number of rotatable bonds is 4. The summed E-state index contributed by atoms with van der Waals surface area (Å²) in [5.41, 5.74) is 8.05. The van der Waals surface area contributed by atoms with Crippen molar-refractivity contribution in [2.45, 2.75) is 32.4 Å². The highest BCUT2D eigenvalue weighted by Crippen LogP contribution is 2.26. The number of amides is 1. The van der Waals surface area contributed by atoms with Gasteiger partial charge in [-0.05, 0) is 32.4 Å². The zero-order valence-corrected chi connectivity index (χ0v) is 15.7. The number of hydrogen-bond acceptors (Lipinski definition) is 6. The Bertz CT molecular complexity index is 813. The van der Waals surface area contributed by atoms with Gasteiger partial charge in [0.05, 0.1) is 17.3 Å². The third-order valence-electron chi connectivity index (χ3n) is 5.42. The number of fused-ring (bicyclic) bond motifs is 1. The van der Waals surface area contributed by atoms with Gasteiger partial charge in [-0.25, -0.2) is 9.97 Å². The van der Waals surface area contributed by atoms with Gasteiger partial charge >= 0.3 is 0 Å². The van der Waals surface area contributed by atoms with Gasteiger partial charge in [-0.2, -0.15) is 0 Å². The lowest BCUT2D eigenvalue weighted by Crippen LogP contribution is -2.49. The number of para-hydroxylation sites is 1. The molecule has 2 saturated heterocycles. The van der Waals surface area contributed by atoms with Crippen molar-refractivity contribution in [2.24, 2.45) is 5.92 Å². The molecule has 2 fully saturated rings. The molecule has 7 nitrogen and oxygen atoms in total. The summed E-state index contributed by atoms with van der Waals surface area (Å²) in [5.74, 6) is 1.86. The van der Waals surface area contributed by atoms with Crippen LogP contribution in [0.3, 0.4) is 0 Å². The van der Waals surface area contributed by atoms with Crippen molar-refractivity contribution in [3.63, 3.8) is 0 Å². The van der Waals surface area contributed by atoms with E-state index in [1.54, 1.807) is 6.20 Å². The average molecular weight is 367 g/mol. The highest BCUT2D eigenvalue weighted by atomic mass is 16.5. The van der Waals surface area contributed by atoms with Crippen LogP contribution in [0.25, 0.3) is 0 Å². The summed E-state index contributed by atoms with van der Waals surface area (Å²) in [6, 6.07) is 10.3. The molecule has 0 bridgehead atoms. The van der Waals surface area contributed by atoms with E-state index in [2.05, 4.69) is 20.8 Å². The predicted octanol–water partition coefficient (Wildman–Crippen LogP) is 1.48. The van der Waals surface area contributed by atoms with Gasteiger partial charge in [0.25, 0.3) is 5.91 Å². The summed E-state index contributed by atoms with van der Waals surface area (Å²) < 4.78 is 5.93. The topological polar surface area (TPSA) is 79.4 Å². The lowest BCUT2D eigenvalue weighted by molar-refractivity contribution is 0.0638. The Labute approximate surface area is 159 Å². The van der Waals surface area contributed by atoms with Crippen LogP contribution in [0.5, 0.6) is 5.75 Å². The Balaban J connectivity index is 1.42. The summed E-state index contributed by atoms with van der Waals surface area (Å²) in [7, 11) is 0. The summed E-state index contributed by atoms with van der Waals surface area (Å²) >= 11 is 0. The maximum absolute atomic E-state index is 13.0. The number of nitrogens with one attached hydrogen (secondary N) is 2. The molecule has 3 unspecified atom stereocenters. The van der Waals surface area contributed by atoms with E-state index in [0.717, 1.165) is 24.4 Å². The fourth-order valence-corrected chi connectivity index (χ4v) is 3.91. The number of ether oxygens (including phenoxy) is 1. The maximum Gasteiger partial charge on any atom is 0.257 e. The van der Waals surface area contributed by atoms with Crippen molar-refractivity contribution in [1.82, 2.24) is 25.7 Å². The van der Waals surface area contributed by atoms with E-state index in [9.17, 15) is 4.79 Å². The zero-order chi connectivity index (χ0) is 18.8. The van der Waals surface area contributed by atoms with E-state index in [-0.39, 0.29) is 11.9 Å². The van der Waals surface area contributed by atoms with Crippen LogP contribution in [0.4, 0.5) is 0 Å². The van der Waals surface area contributed by atoms with Gasteiger partial charge < -0.3 is 9.64 Å². The largest absolute Gasteiger partial charge is 0.492 e. The normalized spacial score (nSPS) is 24.5. The van der Waals surface area contributed by atoms with Crippen LogP contribution < -0.4 is 15.6 Å². The van der Waals surface area contributed by atoms with Crippen LogP contribution in [0.15, 0.2) is 36.5 Å². The predicted molar refractivity (Wildman–Crippen MR) is 101 cm³/mol. The maximum atomic E-state index is 13.0. The number of piperidine rings is 1. The fourth-order valence-electron chi connectivity index (χ4n) is 3.91. The molecule has 142 valence electrons. The smallest absolute Gasteiger partial charge is 0.257 e. The number of carbonyl (C=O) groups excluding carboxylic acids is 1. The molecule has 2 N–H and O–H groups in total. The van der Waals surface area contributed by atoms with E-state index in [1.807, 2.05) is 49.1 Å². The third-order valence-corrected chi connectivity index (χ3v) is 5.42. The molecule has 0 aliphatic carbocycles. The minimum Gasteiger partial charge on any atom is -0.492 e. The standard InChI is InChI=1S/C20H25N5O2/c1-13-16(10-21-14(2)22-13)20(26)25-9-8-18-17(11-25)19(24-23-18)12-27-15-6-4-3-5-7-15/h3-7,10,17-19,23-24H,8-9,11-12H2,1-2H3. The quantitative estimate of drug-likeness (QED) is 0.852. The van der Waals surface area contributed by atoms with Crippen molar-refractivity contribution in [3.05, 3.63) is 53.6 Å². The molecule has 1 aromatic carbocycles. The van der Waals surface area contributed by atoms with Gasteiger partial charge in [-0.3, -0.25) is 15.6 Å². The second-order valence-corrected chi connectivity index (χ2v) is 7.25. The molecule has 1 aromatic heterocycles. The van der Waals surface area contributed by atoms with Crippen molar-refractivity contribution in [2.75, 3.05) is 19.7 Å². The highest BCUT2D eigenvalue weighted by molar-refractivity contribution is 5.95. The summed E-state index contributed by atoms with van der Waals surface area (Å²) in [5, 5.41) is 0. The number of hydrazine groups is 1. The van der Waals surface area contributed by atoms with Gasteiger partial charge in [0.1, 0.15) is 18.2 Å². The van der Waals surface area contributed by atoms with Crippen LogP contribution in [0, 0.1) is 19.8 Å². The minimum atomic E-state index is 0.0144. The molecule has 3 heterocycles. The first-order chi connectivity index (χ1) is 13.1. The Hall–Kier alpha value is -2.51. The fraction of sp³-hybridized carbons (Fsp3) is 0.450. The molecule has 7 heteroatoms. The third kappa shape index (κ3) is 3.79. The van der Waals surface area contributed by atoms with Crippen LogP contribution in [0.2, 0.25) is 0 Å². The second-order valence-electron chi connectivity index (χ2n) is 7.25. The average Bonchev–Trinajstić information content (AvgIpc) is 3.09. The molecule has 0 spiro atoms. The van der Waals surface area contributed by atoms with E-state index < -0.39 is 0 Å². The van der Waals surface area contributed by atoms with Gasteiger partial charge in [0.2, 0.25) is 0 Å². The molecule has 3 atom stereocenters. The Morgan fingerprint density at radius 2 is 2.07 bits per heavy atom. The summed E-state index contributed by atoms with van der Waals surface area (Å²) in [4.78, 5) is 23.4. The molecule has 2 aliphatic heterocycles. The molecule has 2 aliphatic rings. The first-order valence-electron chi connectivity index (χ1n) is 9.40. The molecule has 27 heavy (non-hydrogen) atoms. The van der Waals surface area contributed by atoms with E-state index >= 15 is 0 Å². The minimum absolute atomic E-state index is 0.0144. The van der Waals surface area contributed by atoms with E-state index in [0.29, 0.717) is 36.5 Å². The lowest BCUT2D eigenvalue weighted by Gasteiger charge is -2.36. The summed E-state index contributed by atoms with van der Waals surface area (Å²) in [6.07, 6.45) is 2.56. The Kier molecular flexibility index (Phi) is 5.05. The van der Waals surface area contributed by atoms with Crippen LogP contribution in [-0.4, -0.2) is 52.6 Å². The van der Waals surface area contributed by atoms with Crippen LogP contribution in [-0.2, 0) is 0 Å². The first kappa shape index (κ1) is 17.9. The number of benzene rings is 1. The molecular weight excluding hydrogens is 342 g/mol. The Morgan fingerprint density at radius 3 is 2.85 bits per heavy atom. The van der Waals surface area contributed by atoms with E-state index in [4.69, 9.17) is 4.74 Å². The van der Waals surface area contributed by atoms with Gasteiger partial charge in [0.15, 0.2) is 0 Å². The number of aromatic nitrogens is 2. The van der Waals surface area contributed by atoms with Crippen molar-refractivity contribution < 1.29 is 9.53 Å². The highest BCUT2D eigenvalue weighted by Gasteiger charge is 2.41. The summed E-state index contributed by atoms with van der Waals surface area (Å²) in [6.45, 7) is 5.69. The molecule has 2 aromatic rings. The number of hydrogen-bond donors (Lipinski definition) is 2. The molecule has 4 rings (SSSR count). The zero-order valence-electron chi connectivity index (χ0n) is 15.7. The van der Waals surface area contributed by atoms with Gasteiger partial charge in [-0.15, -0.1) is 0 Å². The van der Waals surface area contributed by atoms with Gasteiger partial charge in [-0.1, -0.05) is 18.2 Å². The van der Waals surface area contributed by atoms with Crippen molar-refractivity contribution >= 4 is 5.91 Å². The lowest BCUT2D eigenvalue weighted by atomic mass is 9.88. The van der Waals surface area contributed by atoms with Gasteiger partial charge in [0, 0.05) is 31.2 Å². The SMILES string of the molecule is Cc1ncc(C(=O)N2CCC3NNC(COc4ccccc4)C3C2)c(C)n1. The number of nitrogens with zero attached hydrogens (tertiary/aromatic N) is 3. The monoisotopic (exact) mass is 367 g/mol. The van der Waals surface area contributed by atoms with Crippen molar-refractivity contribution in [1.29, 1.82) is 0 Å². The van der Waals surface area contributed by atoms with E-state index in [1.165, 1.54) is 0 Å². The second kappa shape index (κ2) is 7.62.